The van der Waals surface area contributed by atoms with Crippen LogP contribution in [0.2, 0.25) is 0 Å². The molecule has 0 fully saturated rings. The Morgan fingerprint density at radius 2 is 1.86 bits per heavy atom. The van der Waals surface area contributed by atoms with Crippen LogP contribution in [-0.2, 0) is 12.8 Å². The van der Waals surface area contributed by atoms with Crippen molar-refractivity contribution in [3.05, 3.63) is 63.7 Å². The number of hydrogen-bond acceptors (Lipinski definition) is 1. The molecule has 1 unspecified atom stereocenters. The van der Waals surface area contributed by atoms with Crippen molar-refractivity contribution in [3.63, 3.8) is 0 Å². The number of aryl methyl sites for hydroxylation is 2. The number of benzene rings is 2. The lowest BCUT2D eigenvalue weighted by atomic mass is 9.87. The van der Waals surface area contributed by atoms with Crippen molar-refractivity contribution >= 4 is 0 Å². The van der Waals surface area contributed by atoms with E-state index in [0.29, 0.717) is 11.8 Å². The van der Waals surface area contributed by atoms with Gasteiger partial charge in [0.1, 0.15) is 5.75 Å². The molecular formula is C21H24O. The summed E-state index contributed by atoms with van der Waals surface area (Å²) in [5.74, 6) is 2.21. The van der Waals surface area contributed by atoms with E-state index >= 15 is 0 Å². The Morgan fingerprint density at radius 1 is 1.09 bits per heavy atom. The van der Waals surface area contributed by atoms with Gasteiger partial charge in [0, 0.05) is 11.5 Å². The average Bonchev–Trinajstić information content (AvgIpc) is 3.13. The topological polar surface area (TPSA) is 9.23 Å². The van der Waals surface area contributed by atoms with Crippen LogP contribution in [0, 0.1) is 6.92 Å². The third kappa shape index (κ3) is 2.06. The van der Waals surface area contributed by atoms with Crippen molar-refractivity contribution in [1.29, 1.82) is 0 Å². The van der Waals surface area contributed by atoms with Crippen LogP contribution in [0.5, 0.6) is 5.75 Å². The Kier molecular flexibility index (Phi) is 3.25. The summed E-state index contributed by atoms with van der Waals surface area (Å²) in [4.78, 5) is 0. The minimum absolute atomic E-state index is 0.405. The maximum absolute atomic E-state index is 6.17. The van der Waals surface area contributed by atoms with Crippen LogP contribution in [0.1, 0.15) is 65.5 Å². The van der Waals surface area contributed by atoms with Crippen molar-refractivity contribution in [2.45, 2.75) is 51.9 Å². The molecule has 0 saturated carbocycles. The molecule has 1 aliphatic carbocycles. The third-order valence-corrected chi connectivity index (χ3v) is 5.34. The minimum atomic E-state index is 0.405. The maximum Gasteiger partial charge on any atom is 0.127 e. The lowest BCUT2D eigenvalue weighted by Crippen LogP contribution is -2.04. The zero-order valence-electron chi connectivity index (χ0n) is 13.8. The van der Waals surface area contributed by atoms with Crippen molar-refractivity contribution in [2.24, 2.45) is 0 Å². The second kappa shape index (κ2) is 5.15. The summed E-state index contributed by atoms with van der Waals surface area (Å²) < 4.78 is 6.17. The SMILES string of the molecule is Cc1cc2c(c3c1C(c1ccc(C(C)C)cc1)CO3)CCC2. The Hall–Kier alpha value is -1.76. The molecule has 1 aliphatic heterocycles. The predicted octanol–water partition coefficient (Wildman–Crippen LogP) is 5.13. The van der Waals surface area contributed by atoms with Crippen LogP contribution in [0.4, 0.5) is 0 Å². The van der Waals surface area contributed by atoms with Gasteiger partial charge in [-0.15, -0.1) is 0 Å². The zero-order chi connectivity index (χ0) is 15.3. The van der Waals surface area contributed by atoms with Crippen LogP contribution in [-0.4, -0.2) is 6.61 Å². The normalized spacial score (nSPS) is 19.2. The molecular weight excluding hydrogens is 268 g/mol. The van der Waals surface area contributed by atoms with Gasteiger partial charge in [0.15, 0.2) is 0 Å². The molecule has 22 heavy (non-hydrogen) atoms. The summed E-state index contributed by atoms with van der Waals surface area (Å²) in [7, 11) is 0. The largest absolute Gasteiger partial charge is 0.492 e. The van der Waals surface area contributed by atoms with Gasteiger partial charge >= 0.3 is 0 Å². The highest BCUT2D eigenvalue weighted by atomic mass is 16.5. The highest BCUT2D eigenvalue weighted by molar-refractivity contribution is 5.58. The van der Waals surface area contributed by atoms with Gasteiger partial charge in [-0.05, 0) is 59.9 Å². The van der Waals surface area contributed by atoms with E-state index in [1.54, 1.807) is 0 Å². The standard InChI is InChI=1S/C21H24O/c1-13(2)15-7-9-16(10-8-15)19-12-22-21-18-6-4-5-17(18)11-14(3)20(19)21/h7-11,13,19H,4-6,12H2,1-3H3. The highest BCUT2D eigenvalue weighted by Crippen LogP contribution is 2.46. The highest BCUT2D eigenvalue weighted by Gasteiger charge is 2.32. The molecule has 0 bridgehead atoms. The monoisotopic (exact) mass is 292 g/mol. The van der Waals surface area contributed by atoms with Crippen LogP contribution in [0.15, 0.2) is 30.3 Å². The summed E-state index contributed by atoms with van der Waals surface area (Å²) in [5, 5.41) is 0. The van der Waals surface area contributed by atoms with Gasteiger partial charge in [-0.25, -0.2) is 0 Å². The second-order valence-corrected chi connectivity index (χ2v) is 7.11. The molecule has 4 rings (SSSR count). The number of fused-ring (bicyclic) bond motifs is 3. The smallest absolute Gasteiger partial charge is 0.127 e. The van der Waals surface area contributed by atoms with Crippen LogP contribution in [0.25, 0.3) is 0 Å². The maximum atomic E-state index is 6.17. The average molecular weight is 292 g/mol. The first-order valence-electron chi connectivity index (χ1n) is 8.53. The summed E-state index contributed by atoms with van der Waals surface area (Å²) >= 11 is 0. The van der Waals surface area contributed by atoms with E-state index in [9.17, 15) is 0 Å². The molecule has 1 atom stereocenters. The molecule has 0 saturated heterocycles. The lowest BCUT2D eigenvalue weighted by molar-refractivity contribution is 0.340. The third-order valence-electron chi connectivity index (χ3n) is 5.34. The fourth-order valence-electron chi connectivity index (χ4n) is 4.09. The van der Waals surface area contributed by atoms with Gasteiger partial charge in [-0.2, -0.15) is 0 Å². The second-order valence-electron chi connectivity index (χ2n) is 7.11. The molecule has 0 N–H and O–H groups in total. The van der Waals surface area contributed by atoms with Gasteiger partial charge in [0.05, 0.1) is 6.61 Å². The summed E-state index contributed by atoms with van der Waals surface area (Å²) in [6.07, 6.45) is 3.69. The van der Waals surface area contributed by atoms with Crippen molar-refractivity contribution in [1.82, 2.24) is 0 Å². The van der Waals surface area contributed by atoms with Crippen LogP contribution in [0.3, 0.4) is 0 Å². The van der Waals surface area contributed by atoms with E-state index in [0.717, 1.165) is 6.61 Å². The molecule has 2 aromatic rings. The fraction of sp³-hybridized carbons (Fsp3) is 0.429. The fourth-order valence-corrected chi connectivity index (χ4v) is 4.09. The Morgan fingerprint density at radius 3 is 2.59 bits per heavy atom. The molecule has 1 heteroatoms. The van der Waals surface area contributed by atoms with Crippen molar-refractivity contribution in [3.8, 4) is 5.75 Å². The van der Waals surface area contributed by atoms with Gasteiger partial charge in [0.25, 0.3) is 0 Å². The summed E-state index contributed by atoms with van der Waals surface area (Å²) in [6, 6.07) is 11.6. The van der Waals surface area contributed by atoms with E-state index in [-0.39, 0.29) is 0 Å². The zero-order valence-corrected chi connectivity index (χ0v) is 13.8. The number of hydrogen-bond donors (Lipinski definition) is 0. The first-order valence-corrected chi connectivity index (χ1v) is 8.53. The van der Waals surface area contributed by atoms with E-state index in [2.05, 4.69) is 51.1 Å². The summed E-state index contributed by atoms with van der Waals surface area (Å²) in [6.45, 7) is 7.54. The van der Waals surface area contributed by atoms with E-state index in [4.69, 9.17) is 4.74 Å². The van der Waals surface area contributed by atoms with Crippen molar-refractivity contribution in [2.75, 3.05) is 6.61 Å². The summed E-state index contributed by atoms with van der Waals surface area (Å²) in [5.41, 5.74) is 8.66. The molecule has 2 aromatic carbocycles. The van der Waals surface area contributed by atoms with Gasteiger partial charge < -0.3 is 4.74 Å². The number of rotatable bonds is 2. The van der Waals surface area contributed by atoms with Crippen LogP contribution >= 0.6 is 0 Å². The van der Waals surface area contributed by atoms with Gasteiger partial charge in [-0.3, -0.25) is 0 Å². The lowest BCUT2D eigenvalue weighted by Gasteiger charge is -2.15. The van der Waals surface area contributed by atoms with Gasteiger partial charge in [-0.1, -0.05) is 44.2 Å². The molecule has 1 nitrogen and oxygen atoms in total. The first kappa shape index (κ1) is 13.9. The molecule has 114 valence electrons. The Balaban J connectivity index is 1.76. The van der Waals surface area contributed by atoms with E-state index in [1.165, 1.54) is 58.4 Å². The van der Waals surface area contributed by atoms with Crippen molar-refractivity contribution < 1.29 is 4.74 Å². The first-order chi connectivity index (χ1) is 10.6. The molecule has 0 aromatic heterocycles. The molecule has 0 radical (unpaired) electrons. The molecule has 0 amide bonds. The Bertz CT molecular complexity index is 710. The Labute approximate surface area is 133 Å². The predicted molar refractivity (Wildman–Crippen MR) is 91.1 cm³/mol. The quantitative estimate of drug-likeness (QED) is 0.745. The minimum Gasteiger partial charge on any atom is -0.492 e. The number of ether oxygens (including phenoxy) is 1. The van der Waals surface area contributed by atoms with E-state index < -0.39 is 0 Å². The molecule has 2 aliphatic rings. The van der Waals surface area contributed by atoms with Crippen LogP contribution < -0.4 is 4.74 Å². The van der Waals surface area contributed by atoms with E-state index in [1.807, 2.05) is 0 Å². The molecule has 0 spiro atoms. The van der Waals surface area contributed by atoms with Gasteiger partial charge in [0.2, 0.25) is 0 Å². The molecule has 1 heterocycles.